The number of carbonyl (C=O) groups is 2. The van der Waals surface area contributed by atoms with E-state index in [9.17, 15) is 9.59 Å². The smallest absolute Gasteiger partial charge is 0.408 e. The molecule has 0 bridgehead atoms. The summed E-state index contributed by atoms with van der Waals surface area (Å²) in [4.78, 5) is 23.4. The molecule has 1 rings (SSSR count). The van der Waals surface area contributed by atoms with Crippen LogP contribution in [0, 0.1) is 0 Å². The number of rotatable bonds is 6. The highest BCUT2D eigenvalue weighted by atomic mass is 16.6. The van der Waals surface area contributed by atoms with Crippen molar-refractivity contribution >= 4 is 12.1 Å². The van der Waals surface area contributed by atoms with Crippen molar-refractivity contribution in [2.75, 3.05) is 13.7 Å². The molecule has 0 aliphatic rings. The molecule has 1 aromatic rings. The lowest BCUT2D eigenvalue weighted by molar-refractivity contribution is -0.145. The van der Waals surface area contributed by atoms with Crippen molar-refractivity contribution in [3.8, 4) is 0 Å². The van der Waals surface area contributed by atoms with Gasteiger partial charge in [-0.2, -0.15) is 0 Å². The number of nitrogens with one attached hydrogen (secondary N) is 1. The summed E-state index contributed by atoms with van der Waals surface area (Å²) in [7, 11) is 1.25. The van der Waals surface area contributed by atoms with E-state index in [0.717, 1.165) is 5.56 Å². The molecule has 6 heteroatoms. The Morgan fingerprint density at radius 1 is 1.18 bits per heavy atom. The Labute approximate surface area is 130 Å². The summed E-state index contributed by atoms with van der Waals surface area (Å²) in [5.74, 6) is -0.584. The Hall–Kier alpha value is -2.08. The van der Waals surface area contributed by atoms with Crippen LogP contribution in [0.4, 0.5) is 4.79 Å². The minimum absolute atomic E-state index is 0.000804. The van der Waals surface area contributed by atoms with Crippen LogP contribution < -0.4 is 5.32 Å². The molecule has 0 saturated heterocycles. The standard InChI is InChI=1S/C16H23NO5/c1-16(2,3)22-15(19)17-13(14(18)20-4)11-21-10-12-8-6-5-7-9-12/h5-9,13H,10-11H2,1-4H3,(H,17,19). The highest BCUT2D eigenvalue weighted by molar-refractivity contribution is 5.81. The Morgan fingerprint density at radius 3 is 2.36 bits per heavy atom. The fourth-order valence-corrected chi connectivity index (χ4v) is 1.63. The maximum absolute atomic E-state index is 11.7. The van der Waals surface area contributed by atoms with Gasteiger partial charge in [-0.15, -0.1) is 0 Å². The maximum Gasteiger partial charge on any atom is 0.408 e. The van der Waals surface area contributed by atoms with Gasteiger partial charge in [0.1, 0.15) is 5.60 Å². The molecular formula is C16H23NO5. The van der Waals surface area contributed by atoms with Gasteiger partial charge >= 0.3 is 12.1 Å². The molecular weight excluding hydrogens is 286 g/mol. The number of amides is 1. The van der Waals surface area contributed by atoms with Gasteiger partial charge in [-0.3, -0.25) is 0 Å². The van der Waals surface area contributed by atoms with Crippen LogP contribution in [0.3, 0.4) is 0 Å². The van der Waals surface area contributed by atoms with Gasteiger partial charge in [-0.1, -0.05) is 30.3 Å². The Balaban J connectivity index is 2.50. The van der Waals surface area contributed by atoms with Crippen molar-refractivity contribution in [1.82, 2.24) is 5.32 Å². The third-order valence-electron chi connectivity index (χ3n) is 2.57. The van der Waals surface area contributed by atoms with Crippen LogP contribution in [0.2, 0.25) is 0 Å². The average Bonchev–Trinajstić information content (AvgIpc) is 2.44. The number of carbonyl (C=O) groups excluding carboxylic acids is 2. The van der Waals surface area contributed by atoms with Crippen molar-refractivity contribution in [3.63, 3.8) is 0 Å². The predicted molar refractivity (Wildman–Crippen MR) is 81.3 cm³/mol. The fraction of sp³-hybridized carbons (Fsp3) is 0.500. The molecule has 0 aromatic heterocycles. The molecule has 1 aromatic carbocycles. The normalized spacial score (nSPS) is 12.4. The highest BCUT2D eigenvalue weighted by Gasteiger charge is 2.25. The van der Waals surface area contributed by atoms with Crippen LogP contribution in [0.1, 0.15) is 26.3 Å². The number of benzene rings is 1. The van der Waals surface area contributed by atoms with Gasteiger partial charge in [0.05, 0.1) is 20.3 Å². The van der Waals surface area contributed by atoms with Crippen LogP contribution in [0.15, 0.2) is 30.3 Å². The SMILES string of the molecule is COC(=O)C(COCc1ccccc1)NC(=O)OC(C)(C)C. The number of hydrogen-bond acceptors (Lipinski definition) is 5. The molecule has 0 saturated carbocycles. The van der Waals surface area contributed by atoms with Crippen LogP contribution in [-0.2, 0) is 25.6 Å². The Bertz CT molecular complexity index is 481. The first-order valence-electron chi connectivity index (χ1n) is 7.01. The highest BCUT2D eigenvalue weighted by Crippen LogP contribution is 2.07. The molecule has 1 N–H and O–H groups in total. The summed E-state index contributed by atoms with van der Waals surface area (Å²) in [6, 6.07) is 8.61. The first-order chi connectivity index (χ1) is 10.3. The largest absolute Gasteiger partial charge is 0.467 e. The number of alkyl carbamates (subject to hydrolysis) is 1. The summed E-state index contributed by atoms with van der Waals surface area (Å²) < 4.78 is 15.2. The third kappa shape index (κ3) is 7.08. The van der Waals surface area contributed by atoms with Crippen LogP contribution in [0.25, 0.3) is 0 Å². The van der Waals surface area contributed by atoms with Crippen molar-refractivity contribution in [3.05, 3.63) is 35.9 Å². The predicted octanol–water partition coefficient (Wildman–Crippen LogP) is 2.27. The van der Waals surface area contributed by atoms with Crippen molar-refractivity contribution in [2.24, 2.45) is 0 Å². The van der Waals surface area contributed by atoms with Crippen molar-refractivity contribution < 1.29 is 23.8 Å². The molecule has 1 unspecified atom stereocenters. The van der Waals surface area contributed by atoms with E-state index in [1.165, 1.54) is 7.11 Å². The summed E-state index contributed by atoms with van der Waals surface area (Å²) in [5.41, 5.74) is 0.332. The molecule has 0 heterocycles. The van der Waals surface area contributed by atoms with Crippen LogP contribution in [0.5, 0.6) is 0 Å². The van der Waals surface area contributed by atoms with Crippen molar-refractivity contribution in [2.45, 2.75) is 39.0 Å². The molecule has 0 aliphatic heterocycles. The van der Waals surface area contributed by atoms with E-state index in [2.05, 4.69) is 10.1 Å². The van der Waals surface area contributed by atoms with Crippen LogP contribution in [-0.4, -0.2) is 37.4 Å². The Kier molecular flexibility index (Phi) is 6.85. The van der Waals surface area contributed by atoms with Crippen molar-refractivity contribution in [1.29, 1.82) is 0 Å². The molecule has 0 fully saturated rings. The van der Waals surface area contributed by atoms with E-state index in [-0.39, 0.29) is 6.61 Å². The lowest BCUT2D eigenvalue weighted by Gasteiger charge is -2.22. The second-order valence-corrected chi connectivity index (χ2v) is 5.72. The number of hydrogen-bond donors (Lipinski definition) is 1. The molecule has 6 nitrogen and oxygen atoms in total. The summed E-state index contributed by atoms with van der Waals surface area (Å²) >= 11 is 0. The fourth-order valence-electron chi connectivity index (χ4n) is 1.63. The molecule has 0 radical (unpaired) electrons. The van der Waals surface area contributed by atoms with E-state index >= 15 is 0 Å². The van der Waals surface area contributed by atoms with Gasteiger partial charge in [0.15, 0.2) is 6.04 Å². The lowest BCUT2D eigenvalue weighted by Crippen LogP contribution is -2.46. The van der Waals surface area contributed by atoms with Gasteiger partial charge in [-0.25, -0.2) is 9.59 Å². The topological polar surface area (TPSA) is 73.9 Å². The molecule has 0 aliphatic carbocycles. The van der Waals surface area contributed by atoms with Gasteiger partial charge in [0.2, 0.25) is 0 Å². The van der Waals surface area contributed by atoms with E-state index < -0.39 is 23.7 Å². The minimum atomic E-state index is -0.913. The van der Waals surface area contributed by atoms with E-state index in [1.54, 1.807) is 20.8 Å². The maximum atomic E-state index is 11.7. The monoisotopic (exact) mass is 309 g/mol. The van der Waals surface area contributed by atoms with Gasteiger partial charge in [0.25, 0.3) is 0 Å². The second-order valence-electron chi connectivity index (χ2n) is 5.72. The first-order valence-corrected chi connectivity index (χ1v) is 7.01. The summed E-state index contributed by atoms with van der Waals surface area (Å²) in [6.45, 7) is 5.56. The van der Waals surface area contributed by atoms with Gasteiger partial charge < -0.3 is 19.5 Å². The van der Waals surface area contributed by atoms with E-state index in [0.29, 0.717) is 6.61 Å². The second kappa shape index (κ2) is 8.38. The zero-order valence-electron chi connectivity index (χ0n) is 13.4. The molecule has 1 amide bonds. The number of ether oxygens (including phenoxy) is 3. The summed E-state index contributed by atoms with van der Waals surface area (Å²) in [5, 5.41) is 2.45. The Morgan fingerprint density at radius 2 is 1.82 bits per heavy atom. The lowest BCUT2D eigenvalue weighted by atomic mass is 10.2. The minimum Gasteiger partial charge on any atom is -0.467 e. The quantitative estimate of drug-likeness (QED) is 0.816. The molecule has 122 valence electrons. The summed E-state index contributed by atoms with van der Waals surface area (Å²) in [6.07, 6.45) is -0.689. The number of esters is 1. The van der Waals surface area contributed by atoms with Gasteiger partial charge in [0, 0.05) is 0 Å². The molecule has 1 atom stereocenters. The van der Waals surface area contributed by atoms with E-state index in [4.69, 9.17) is 9.47 Å². The zero-order chi connectivity index (χ0) is 16.6. The van der Waals surface area contributed by atoms with Crippen LogP contribution >= 0.6 is 0 Å². The number of methoxy groups -OCH3 is 1. The molecule has 22 heavy (non-hydrogen) atoms. The van der Waals surface area contributed by atoms with E-state index in [1.807, 2.05) is 30.3 Å². The zero-order valence-corrected chi connectivity index (χ0v) is 13.4. The molecule has 0 spiro atoms. The average molecular weight is 309 g/mol. The third-order valence-corrected chi connectivity index (χ3v) is 2.57. The van der Waals surface area contributed by atoms with Gasteiger partial charge in [-0.05, 0) is 26.3 Å². The first kappa shape index (κ1) is 18.0.